The molecule has 1 N–H and O–H groups in total. The summed E-state index contributed by atoms with van der Waals surface area (Å²) in [5.41, 5.74) is 0.819. The van der Waals surface area contributed by atoms with E-state index in [1.807, 2.05) is 18.2 Å². The molecule has 4 aliphatic carbocycles. The van der Waals surface area contributed by atoms with Gasteiger partial charge < -0.3 is 0 Å². The molecule has 7 heteroatoms. The van der Waals surface area contributed by atoms with E-state index >= 15 is 0 Å². The molecule has 0 atom stereocenters. The van der Waals surface area contributed by atoms with Gasteiger partial charge >= 0.3 is 0 Å². The highest BCUT2D eigenvalue weighted by Gasteiger charge is 2.53. The van der Waals surface area contributed by atoms with Crippen molar-refractivity contribution in [1.29, 1.82) is 0 Å². The lowest BCUT2D eigenvalue weighted by atomic mass is 9.49. The van der Waals surface area contributed by atoms with E-state index in [4.69, 9.17) is 35.4 Å². The summed E-state index contributed by atoms with van der Waals surface area (Å²) in [5.74, 6) is 3.49. The fraction of sp³-hybridized carbons (Fsp3) is 0.526. The zero-order valence-corrected chi connectivity index (χ0v) is 16.6. The molecule has 0 amide bonds. The van der Waals surface area contributed by atoms with Crippen LogP contribution >= 0.6 is 35.4 Å². The number of aromatic nitrogens is 3. The summed E-state index contributed by atoms with van der Waals surface area (Å²) in [5, 5.41) is 13.4. The van der Waals surface area contributed by atoms with Gasteiger partial charge in [0.05, 0.1) is 16.3 Å². The monoisotopic (exact) mass is 406 g/mol. The normalized spacial score (nSPS) is 32.6. The largest absolute Gasteiger partial charge is 0.250 e. The number of rotatable bonds is 3. The molecule has 4 saturated carbocycles. The van der Waals surface area contributed by atoms with Gasteiger partial charge in [-0.05, 0) is 80.6 Å². The van der Waals surface area contributed by atoms with Gasteiger partial charge in [0.1, 0.15) is 0 Å². The van der Waals surface area contributed by atoms with Gasteiger partial charge in [-0.1, -0.05) is 29.3 Å². The second-order valence-corrected chi connectivity index (χ2v) is 9.44. The van der Waals surface area contributed by atoms with Gasteiger partial charge in [-0.2, -0.15) is 14.9 Å². The summed E-state index contributed by atoms with van der Waals surface area (Å²) in [6.07, 6.45) is 9.50. The first-order chi connectivity index (χ1) is 12.5. The molecule has 4 bridgehead atoms. The predicted octanol–water partition coefficient (Wildman–Crippen LogP) is 5.60. The van der Waals surface area contributed by atoms with Crippen molar-refractivity contribution in [2.75, 3.05) is 0 Å². The molecular weight excluding hydrogens is 387 g/mol. The predicted molar refractivity (Wildman–Crippen MR) is 107 cm³/mol. The van der Waals surface area contributed by atoms with E-state index < -0.39 is 0 Å². The Kier molecular flexibility index (Phi) is 4.03. The Labute approximate surface area is 167 Å². The Balaban J connectivity index is 1.55. The Hall–Kier alpha value is -1.17. The fourth-order valence-corrected chi connectivity index (χ4v) is 6.55. The second-order valence-electron chi connectivity index (χ2n) is 8.24. The number of nitrogens with one attached hydrogen (secondary N) is 1. The number of hydrogen-bond acceptors (Lipinski definition) is 3. The maximum Gasteiger partial charge on any atom is 0.216 e. The van der Waals surface area contributed by atoms with E-state index in [0.29, 0.717) is 20.4 Å². The van der Waals surface area contributed by atoms with Crippen LogP contribution in [0.1, 0.15) is 49.9 Å². The molecule has 1 aromatic heterocycles. The third-order valence-corrected chi connectivity index (χ3v) is 7.39. The number of aromatic amines is 1. The fourth-order valence-electron chi connectivity index (χ4n) is 5.88. The number of halogens is 2. The standard InChI is InChI=1S/C19H20Cl2N4S/c20-15-2-1-3-16(21)14(15)10-22-25-17(23-24-18(25)26)19-7-11-4-12(8-19)6-13(5-11)9-19/h1-3,10-13H,4-9H2,(H,24,26)/b22-10+. The van der Waals surface area contributed by atoms with E-state index in [9.17, 15) is 0 Å². The van der Waals surface area contributed by atoms with Crippen molar-refractivity contribution in [3.05, 3.63) is 44.4 Å². The van der Waals surface area contributed by atoms with Gasteiger partial charge in [0, 0.05) is 11.0 Å². The lowest BCUT2D eigenvalue weighted by Crippen LogP contribution is -2.49. The minimum absolute atomic E-state index is 0.115. The van der Waals surface area contributed by atoms with E-state index in [-0.39, 0.29) is 5.41 Å². The van der Waals surface area contributed by atoms with Crippen molar-refractivity contribution in [3.8, 4) is 0 Å². The molecule has 6 rings (SSSR count). The second kappa shape index (κ2) is 6.18. The van der Waals surface area contributed by atoms with E-state index in [1.165, 1.54) is 38.5 Å². The van der Waals surface area contributed by atoms with Crippen LogP contribution in [0.15, 0.2) is 23.3 Å². The molecule has 4 nitrogen and oxygen atoms in total. The SMILES string of the molecule is S=c1[nH]nc(C23CC4CC(CC(C4)C2)C3)n1/N=C/c1c(Cl)cccc1Cl. The molecule has 2 aromatic rings. The lowest BCUT2D eigenvalue weighted by molar-refractivity contribution is -0.0109. The van der Waals surface area contributed by atoms with Crippen molar-refractivity contribution in [1.82, 2.24) is 14.9 Å². The van der Waals surface area contributed by atoms with Gasteiger partial charge in [-0.3, -0.25) is 5.10 Å². The third-order valence-electron chi connectivity index (χ3n) is 6.47. The highest BCUT2D eigenvalue weighted by molar-refractivity contribution is 7.71. The van der Waals surface area contributed by atoms with Crippen molar-refractivity contribution in [2.24, 2.45) is 22.9 Å². The highest BCUT2D eigenvalue weighted by atomic mass is 35.5. The van der Waals surface area contributed by atoms with Crippen molar-refractivity contribution >= 4 is 41.6 Å². The van der Waals surface area contributed by atoms with Crippen LogP contribution < -0.4 is 0 Å². The summed E-state index contributed by atoms with van der Waals surface area (Å²) in [6.45, 7) is 0. The van der Waals surface area contributed by atoms with Crippen molar-refractivity contribution in [2.45, 2.75) is 43.9 Å². The van der Waals surface area contributed by atoms with E-state index in [1.54, 1.807) is 10.9 Å². The summed E-state index contributed by atoms with van der Waals surface area (Å²) < 4.78 is 2.32. The molecule has 1 heterocycles. The van der Waals surface area contributed by atoms with Gasteiger partial charge in [-0.15, -0.1) is 0 Å². The Morgan fingerprint density at radius 1 is 1.12 bits per heavy atom. The van der Waals surface area contributed by atoms with Crippen LogP contribution in [0.5, 0.6) is 0 Å². The summed E-state index contributed by atoms with van der Waals surface area (Å²) >= 11 is 18.0. The summed E-state index contributed by atoms with van der Waals surface area (Å²) in [4.78, 5) is 0. The maximum atomic E-state index is 6.27. The van der Waals surface area contributed by atoms with Crippen LogP contribution in [-0.2, 0) is 5.41 Å². The Bertz CT molecular complexity index is 890. The minimum atomic E-state index is 0.115. The summed E-state index contributed by atoms with van der Waals surface area (Å²) in [7, 11) is 0. The molecule has 0 aliphatic heterocycles. The van der Waals surface area contributed by atoms with Crippen molar-refractivity contribution < 1.29 is 0 Å². The maximum absolute atomic E-state index is 6.27. The number of benzene rings is 1. The van der Waals surface area contributed by atoms with Gasteiger partial charge in [0.2, 0.25) is 4.77 Å². The number of nitrogens with zero attached hydrogens (tertiary/aromatic N) is 3. The number of hydrogen-bond donors (Lipinski definition) is 1. The summed E-state index contributed by atoms with van der Waals surface area (Å²) in [6, 6.07) is 5.44. The first-order valence-electron chi connectivity index (χ1n) is 9.20. The molecule has 26 heavy (non-hydrogen) atoms. The molecule has 0 radical (unpaired) electrons. The first kappa shape index (κ1) is 17.0. The van der Waals surface area contributed by atoms with Gasteiger partial charge in [0.25, 0.3) is 0 Å². The molecule has 0 saturated heterocycles. The quantitative estimate of drug-likeness (QED) is 0.532. The number of H-pyrrole nitrogens is 1. The molecule has 4 aliphatic rings. The smallest absolute Gasteiger partial charge is 0.216 e. The van der Waals surface area contributed by atoms with Crippen LogP contribution in [-0.4, -0.2) is 21.1 Å². The molecule has 136 valence electrons. The highest BCUT2D eigenvalue weighted by Crippen LogP contribution is 2.60. The average molecular weight is 407 g/mol. The molecule has 0 unspecified atom stereocenters. The van der Waals surface area contributed by atoms with Crippen molar-refractivity contribution in [3.63, 3.8) is 0 Å². The minimum Gasteiger partial charge on any atom is -0.250 e. The molecule has 0 spiro atoms. The lowest BCUT2D eigenvalue weighted by Gasteiger charge is -2.55. The zero-order chi connectivity index (χ0) is 17.9. The third kappa shape index (κ3) is 2.67. The Morgan fingerprint density at radius 3 is 2.27 bits per heavy atom. The van der Waals surface area contributed by atoms with Gasteiger partial charge in [-0.25, -0.2) is 0 Å². The molecular formula is C19H20Cl2N4S. The van der Waals surface area contributed by atoms with Crippen LogP contribution in [0.2, 0.25) is 10.0 Å². The zero-order valence-electron chi connectivity index (χ0n) is 14.3. The van der Waals surface area contributed by atoms with Crippen LogP contribution in [0.4, 0.5) is 0 Å². The molecule has 4 fully saturated rings. The van der Waals surface area contributed by atoms with Crippen LogP contribution in [0.3, 0.4) is 0 Å². The topological polar surface area (TPSA) is 46.0 Å². The average Bonchev–Trinajstić information content (AvgIpc) is 2.95. The first-order valence-corrected chi connectivity index (χ1v) is 10.4. The van der Waals surface area contributed by atoms with Crippen LogP contribution in [0.25, 0.3) is 0 Å². The Morgan fingerprint density at radius 2 is 1.69 bits per heavy atom. The van der Waals surface area contributed by atoms with E-state index in [0.717, 1.165) is 23.6 Å². The van der Waals surface area contributed by atoms with Crippen LogP contribution in [0, 0.1) is 22.5 Å². The molecule has 1 aromatic carbocycles. The van der Waals surface area contributed by atoms with E-state index in [2.05, 4.69) is 15.3 Å². The van der Waals surface area contributed by atoms with Gasteiger partial charge in [0.15, 0.2) is 5.82 Å².